The minimum atomic E-state index is -0.892. The van der Waals surface area contributed by atoms with Gasteiger partial charge in [-0.2, -0.15) is 0 Å². The van der Waals surface area contributed by atoms with Crippen molar-refractivity contribution in [2.75, 3.05) is 0 Å². The van der Waals surface area contributed by atoms with Gasteiger partial charge in [0.2, 0.25) is 0 Å². The summed E-state index contributed by atoms with van der Waals surface area (Å²) >= 11 is 0. The fourth-order valence-electron chi connectivity index (χ4n) is 4.46. The highest BCUT2D eigenvalue weighted by Crippen LogP contribution is 2.44. The molecule has 0 aliphatic carbocycles. The molecule has 3 heterocycles. The second kappa shape index (κ2) is 8.04. The van der Waals surface area contributed by atoms with Crippen molar-refractivity contribution < 1.29 is 24.0 Å². The number of aromatic amines is 1. The molecule has 9 heteroatoms. The smallest absolute Gasteiger partial charge is 0.296 e. The number of benzene rings is 2. The molecule has 2 aromatic carbocycles. The molecule has 2 aromatic heterocycles. The molecular formula is C25H19N3O6. The van der Waals surface area contributed by atoms with Gasteiger partial charge in [0.1, 0.15) is 11.5 Å². The first kappa shape index (κ1) is 21.2. The number of nitrogens with zero attached hydrogens (tertiary/aromatic N) is 2. The first-order valence-corrected chi connectivity index (χ1v) is 10.5. The van der Waals surface area contributed by atoms with E-state index in [-0.39, 0.29) is 23.4 Å². The van der Waals surface area contributed by atoms with Crippen molar-refractivity contribution >= 4 is 34.0 Å². The van der Waals surface area contributed by atoms with Crippen LogP contribution in [0.5, 0.6) is 0 Å². The number of nitro groups is 1. The van der Waals surface area contributed by atoms with Gasteiger partial charge in [0.15, 0.2) is 0 Å². The van der Waals surface area contributed by atoms with Crippen molar-refractivity contribution in [2.24, 2.45) is 0 Å². The quantitative estimate of drug-likeness (QED) is 0.148. The lowest BCUT2D eigenvalue weighted by Crippen LogP contribution is -2.29. The van der Waals surface area contributed by atoms with Gasteiger partial charge in [-0.3, -0.25) is 19.7 Å². The summed E-state index contributed by atoms with van der Waals surface area (Å²) in [5, 5.41) is 23.0. The van der Waals surface area contributed by atoms with Gasteiger partial charge in [-0.15, -0.1) is 0 Å². The normalized spacial score (nSPS) is 17.6. The number of nitrogens with one attached hydrogen (secondary N) is 1. The number of para-hydroxylation sites is 1. The Morgan fingerprint density at radius 2 is 1.85 bits per heavy atom. The lowest BCUT2D eigenvalue weighted by molar-refractivity contribution is -0.384. The largest absolute Gasteiger partial charge is 0.507 e. The highest BCUT2D eigenvalue weighted by Gasteiger charge is 2.47. The van der Waals surface area contributed by atoms with Crippen LogP contribution in [0.15, 0.2) is 76.9 Å². The van der Waals surface area contributed by atoms with Gasteiger partial charge < -0.3 is 19.4 Å². The SMILES string of the molecule is Cc1[nH]c2ccccc2c1C1/C(=C(\O)c2ccc([N+](=O)[O-])cc2)C(=O)C(=O)N1Cc1ccco1. The molecule has 1 atom stereocenters. The van der Waals surface area contributed by atoms with Gasteiger partial charge in [0, 0.05) is 39.9 Å². The molecule has 1 aliphatic rings. The van der Waals surface area contributed by atoms with Gasteiger partial charge in [-0.25, -0.2) is 0 Å². The first-order valence-electron chi connectivity index (χ1n) is 10.5. The van der Waals surface area contributed by atoms with Gasteiger partial charge in [0.05, 0.1) is 29.3 Å². The zero-order valence-electron chi connectivity index (χ0n) is 18.0. The third kappa shape index (κ3) is 3.34. The molecule has 0 bridgehead atoms. The number of hydrogen-bond donors (Lipinski definition) is 2. The number of aliphatic hydroxyl groups is 1. The number of ketones is 1. The molecule has 1 saturated heterocycles. The van der Waals surface area contributed by atoms with Gasteiger partial charge >= 0.3 is 0 Å². The summed E-state index contributed by atoms with van der Waals surface area (Å²) in [6.45, 7) is 1.87. The predicted octanol–water partition coefficient (Wildman–Crippen LogP) is 4.60. The molecule has 34 heavy (non-hydrogen) atoms. The van der Waals surface area contributed by atoms with Crippen LogP contribution >= 0.6 is 0 Å². The van der Waals surface area contributed by atoms with E-state index in [1.165, 1.54) is 35.4 Å². The number of rotatable bonds is 5. The van der Waals surface area contributed by atoms with Crippen LogP contribution in [-0.2, 0) is 16.1 Å². The Morgan fingerprint density at radius 3 is 2.53 bits per heavy atom. The Labute approximate surface area is 193 Å². The maximum absolute atomic E-state index is 13.2. The van der Waals surface area contributed by atoms with Crippen LogP contribution in [-0.4, -0.2) is 31.6 Å². The summed E-state index contributed by atoms with van der Waals surface area (Å²) in [6.07, 6.45) is 1.48. The molecule has 2 N–H and O–H groups in total. The number of carbonyl (C=O) groups excluding carboxylic acids is 2. The first-order chi connectivity index (χ1) is 16.4. The molecule has 4 aromatic rings. The van der Waals surface area contributed by atoms with Crippen molar-refractivity contribution in [1.82, 2.24) is 9.88 Å². The molecule has 5 rings (SSSR count). The Bertz CT molecular complexity index is 1460. The molecule has 1 unspecified atom stereocenters. The number of nitro benzene ring substituents is 1. The molecule has 0 radical (unpaired) electrons. The Balaban J connectivity index is 1.72. The highest BCUT2D eigenvalue weighted by molar-refractivity contribution is 6.46. The number of H-pyrrole nitrogens is 1. The average molecular weight is 457 g/mol. The number of likely N-dealkylation sites (tertiary alicyclic amines) is 1. The van der Waals surface area contributed by atoms with E-state index < -0.39 is 28.4 Å². The molecule has 1 fully saturated rings. The fraction of sp³-hybridized carbons (Fsp3) is 0.120. The lowest BCUT2D eigenvalue weighted by atomic mass is 9.93. The van der Waals surface area contributed by atoms with E-state index in [2.05, 4.69) is 4.98 Å². The summed E-state index contributed by atoms with van der Waals surface area (Å²) in [6, 6.07) is 15.2. The Hall–Kier alpha value is -4.66. The number of furan rings is 1. The number of aliphatic hydroxyl groups excluding tert-OH is 1. The summed E-state index contributed by atoms with van der Waals surface area (Å²) < 4.78 is 5.42. The summed E-state index contributed by atoms with van der Waals surface area (Å²) in [4.78, 5) is 41.5. The molecular weight excluding hydrogens is 438 g/mol. The maximum Gasteiger partial charge on any atom is 0.296 e. The van der Waals surface area contributed by atoms with Crippen LogP contribution in [0.25, 0.3) is 16.7 Å². The van der Waals surface area contributed by atoms with E-state index in [0.717, 1.165) is 16.6 Å². The third-order valence-electron chi connectivity index (χ3n) is 6.01. The molecule has 1 aliphatic heterocycles. The molecule has 1 amide bonds. The van der Waals surface area contributed by atoms with E-state index in [9.17, 15) is 24.8 Å². The zero-order valence-corrected chi connectivity index (χ0v) is 18.0. The van der Waals surface area contributed by atoms with E-state index in [1.54, 1.807) is 12.1 Å². The van der Waals surface area contributed by atoms with Crippen molar-refractivity contribution in [2.45, 2.75) is 19.5 Å². The number of aromatic nitrogens is 1. The molecule has 170 valence electrons. The van der Waals surface area contributed by atoms with Crippen molar-refractivity contribution in [1.29, 1.82) is 0 Å². The standard InChI is InChI=1S/C25H19N3O6/c1-14-20(18-6-2-3-7-19(18)26-14)22-21(23(29)15-8-10-16(11-9-15)28(32)33)24(30)25(31)27(22)13-17-5-4-12-34-17/h2-12,22,26,29H,13H2,1H3/b23-21+. The van der Waals surface area contributed by atoms with Gasteiger partial charge in [-0.1, -0.05) is 18.2 Å². The average Bonchev–Trinajstić information content (AvgIpc) is 3.52. The van der Waals surface area contributed by atoms with Crippen LogP contribution in [0.4, 0.5) is 5.69 Å². The number of carbonyl (C=O) groups is 2. The zero-order chi connectivity index (χ0) is 24.0. The van der Waals surface area contributed by atoms with Gasteiger partial charge in [-0.05, 0) is 37.3 Å². The van der Waals surface area contributed by atoms with Crippen LogP contribution in [0.2, 0.25) is 0 Å². The van der Waals surface area contributed by atoms with Crippen LogP contribution in [0, 0.1) is 17.0 Å². The van der Waals surface area contributed by atoms with Gasteiger partial charge in [0.25, 0.3) is 17.4 Å². The van der Waals surface area contributed by atoms with E-state index in [0.29, 0.717) is 11.3 Å². The number of amides is 1. The van der Waals surface area contributed by atoms with Crippen LogP contribution < -0.4 is 0 Å². The van der Waals surface area contributed by atoms with E-state index in [4.69, 9.17) is 4.42 Å². The van der Waals surface area contributed by atoms with Crippen molar-refractivity contribution in [3.8, 4) is 0 Å². The summed E-state index contributed by atoms with van der Waals surface area (Å²) in [5.41, 5.74) is 2.21. The topological polar surface area (TPSA) is 130 Å². The lowest BCUT2D eigenvalue weighted by Gasteiger charge is -2.25. The molecule has 0 saturated carbocycles. The summed E-state index contributed by atoms with van der Waals surface area (Å²) in [5.74, 6) is -1.52. The predicted molar refractivity (Wildman–Crippen MR) is 123 cm³/mol. The van der Waals surface area contributed by atoms with E-state index >= 15 is 0 Å². The van der Waals surface area contributed by atoms with Crippen LogP contribution in [0.1, 0.15) is 28.6 Å². The Morgan fingerprint density at radius 1 is 1.12 bits per heavy atom. The number of hydrogen-bond acceptors (Lipinski definition) is 6. The summed E-state index contributed by atoms with van der Waals surface area (Å²) in [7, 11) is 0. The molecule has 0 spiro atoms. The number of fused-ring (bicyclic) bond motifs is 1. The highest BCUT2D eigenvalue weighted by atomic mass is 16.6. The van der Waals surface area contributed by atoms with E-state index in [1.807, 2.05) is 31.2 Å². The monoisotopic (exact) mass is 457 g/mol. The second-order valence-corrected chi connectivity index (χ2v) is 8.02. The number of Topliss-reactive ketones (excluding diaryl/α,β-unsaturated/α-hetero) is 1. The third-order valence-corrected chi connectivity index (χ3v) is 6.01. The molecule has 9 nitrogen and oxygen atoms in total. The minimum Gasteiger partial charge on any atom is -0.507 e. The number of aryl methyl sites for hydroxylation is 1. The minimum absolute atomic E-state index is 0.0260. The van der Waals surface area contributed by atoms with Crippen LogP contribution in [0.3, 0.4) is 0 Å². The van der Waals surface area contributed by atoms with Crippen molar-refractivity contribution in [3.63, 3.8) is 0 Å². The number of non-ortho nitro benzene ring substituents is 1. The Kier molecular flexibility index (Phi) is 5.01. The fourth-order valence-corrected chi connectivity index (χ4v) is 4.46. The maximum atomic E-state index is 13.2. The van der Waals surface area contributed by atoms with Crippen molar-refractivity contribution in [3.05, 3.63) is 105 Å². The second-order valence-electron chi connectivity index (χ2n) is 8.02.